The summed E-state index contributed by atoms with van der Waals surface area (Å²) < 4.78 is 0. The summed E-state index contributed by atoms with van der Waals surface area (Å²) in [7, 11) is 0. The average Bonchev–Trinajstić information content (AvgIpc) is 3.59. The summed E-state index contributed by atoms with van der Waals surface area (Å²) in [4.78, 5) is 46.7. The highest BCUT2D eigenvalue weighted by Crippen LogP contribution is 2.54. The first-order chi connectivity index (χ1) is 17.5. The topological polar surface area (TPSA) is 94.3 Å². The smallest absolute Gasteiger partial charge is 0.250 e. The number of likely N-dealkylation sites (tertiary alicyclic amines) is 1. The second kappa shape index (κ2) is 7.92. The first-order valence-electron chi connectivity index (χ1n) is 12.8. The summed E-state index contributed by atoms with van der Waals surface area (Å²) in [5.41, 5.74) is 2.05. The van der Waals surface area contributed by atoms with Crippen LogP contribution in [0.3, 0.4) is 0 Å². The Hall–Kier alpha value is -3.16. The number of halogens is 1. The summed E-state index contributed by atoms with van der Waals surface area (Å²) >= 11 is 6.37. The van der Waals surface area contributed by atoms with E-state index < -0.39 is 17.4 Å². The van der Waals surface area contributed by atoms with Crippen LogP contribution >= 0.6 is 11.6 Å². The van der Waals surface area contributed by atoms with Gasteiger partial charge < -0.3 is 10.3 Å². The van der Waals surface area contributed by atoms with Gasteiger partial charge in [0.2, 0.25) is 17.7 Å². The number of aromatic amines is 1. The Labute approximate surface area is 213 Å². The molecule has 3 N–H and O–H groups in total. The van der Waals surface area contributed by atoms with Crippen LogP contribution in [0.1, 0.15) is 43.2 Å². The highest BCUT2D eigenvalue weighted by molar-refractivity contribution is 6.31. The van der Waals surface area contributed by atoms with Crippen molar-refractivity contribution in [3.63, 3.8) is 0 Å². The molecule has 4 aliphatic rings. The zero-order valence-corrected chi connectivity index (χ0v) is 20.5. The maximum absolute atomic E-state index is 14.1. The molecule has 1 spiro atoms. The zero-order valence-electron chi connectivity index (χ0n) is 19.7. The van der Waals surface area contributed by atoms with Gasteiger partial charge >= 0.3 is 0 Å². The molecule has 0 unspecified atom stereocenters. The Morgan fingerprint density at radius 1 is 1.00 bits per heavy atom. The van der Waals surface area contributed by atoms with E-state index in [1.807, 2.05) is 24.4 Å². The lowest BCUT2D eigenvalue weighted by Gasteiger charge is -2.34. The number of aromatic nitrogens is 1. The number of fused-ring (bicyclic) bond motifs is 5. The molecule has 3 aromatic rings. The molecule has 2 saturated heterocycles. The highest BCUT2D eigenvalue weighted by atomic mass is 35.5. The molecule has 3 aliphatic heterocycles. The fourth-order valence-electron chi connectivity index (χ4n) is 7.21. The fraction of sp³-hybridized carbons (Fsp3) is 0.393. The summed E-state index contributed by atoms with van der Waals surface area (Å²) in [6.07, 6.45) is 7.30. The van der Waals surface area contributed by atoms with Gasteiger partial charge in [0.05, 0.1) is 11.8 Å². The van der Waals surface area contributed by atoms with Crippen LogP contribution in [0.2, 0.25) is 5.02 Å². The molecule has 1 aromatic heterocycles. The van der Waals surface area contributed by atoms with Gasteiger partial charge in [0.15, 0.2) is 0 Å². The predicted molar refractivity (Wildman–Crippen MR) is 136 cm³/mol. The number of amides is 3. The molecule has 184 valence electrons. The standard InChI is InChI=1S/C28H27ClN4O3/c29-16-10-11-21-19(13-16)28(27(36)31-21)24-23(25(34)33(26(24)35)17-6-2-1-3-7-17)22(32-28)12-15-14-30-20-9-5-4-8-18(15)20/h4-5,8-11,13-14,17,22-24,30,32H,1-3,6-7,12H2,(H,31,36)/t22-,23-,24+,28-/m1/s1. The van der Waals surface area contributed by atoms with Crippen LogP contribution < -0.4 is 10.6 Å². The molecule has 4 heterocycles. The van der Waals surface area contributed by atoms with Gasteiger partial charge in [-0.1, -0.05) is 49.1 Å². The van der Waals surface area contributed by atoms with Crippen LogP contribution in [-0.2, 0) is 26.3 Å². The van der Waals surface area contributed by atoms with Crippen LogP contribution in [0.15, 0.2) is 48.7 Å². The van der Waals surface area contributed by atoms with E-state index in [-0.39, 0.29) is 29.8 Å². The van der Waals surface area contributed by atoms with Crippen molar-refractivity contribution in [2.24, 2.45) is 11.8 Å². The van der Waals surface area contributed by atoms with Crippen molar-refractivity contribution in [2.75, 3.05) is 5.32 Å². The lowest BCUT2D eigenvalue weighted by atomic mass is 9.76. The van der Waals surface area contributed by atoms with Crippen molar-refractivity contribution >= 4 is 45.9 Å². The van der Waals surface area contributed by atoms with Gasteiger partial charge in [-0.3, -0.25) is 24.6 Å². The number of para-hydroxylation sites is 1. The lowest BCUT2D eigenvalue weighted by Crippen LogP contribution is -2.54. The molecule has 36 heavy (non-hydrogen) atoms. The molecular weight excluding hydrogens is 476 g/mol. The minimum Gasteiger partial charge on any atom is -0.361 e. The van der Waals surface area contributed by atoms with E-state index in [9.17, 15) is 14.4 Å². The van der Waals surface area contributed by atoms with Gasteiger partial charge in [-0.2, -0.15) is 0 Å². The third kappa shape index (κ3) is 2.93. The number of nitrogens with one attached hydrogen (secondary N) is 3. The largest absolute Gasteiger partial charge is 0.361 e. The number of carbonyl (C=O) groups is 3. The van der Waals surface area contributed by atoms with Gasteiger partial charge in [0.25, 0.3) is 0 Å². The van der Waals surface area contributed by atoms with E-state index in [1.54, 1.807) is 18.2 Å². The van der Waals surface area contributed by atoms with E-state index in [1.165, 1.54) is 4.90 Å². The second-order valence-electron chi connectivity index (χ2n) is 10.6. The third-order valence-electron chi connectivity index (χ3n) is 8.77. The molecule has 0 bridgehead atoms. The minimum absolute atomic E-state index is 0.0848. The van der Waals surface area contributed by atoms with Gasteiger partial charge in [-0.25, -0.2) is 0 Å². The zero-order chi connectivity index (χ0) is 24.6. The molecule has 4 atom stereocenters. The van der Waals surface area contributed by atoms with Gasteiger partial charge in [-0.05, 0) is 49.1 Å². The number of nitrogens with zero attached hydrogens (tertiary/aromatic N) is 1. The van der Waals surface area contributed by atoms with E-state index in [0.717, 1.165) is 48.6 Å². The van der Waals surface area contributed by atoms with Crippen molar-refractivity contribution in [2.45, 2.75) is 56.1 Å². The lowest BCUT2D eigenvalue weighted by molar-refractivity contribution is -0.146. The summed E-state index contributed by atoms with van der Waals surface area (Å²) in [5.74, 6) is -2.09. The van der Waals surface area contributed by atoms with Crippen molar-refractivity contribution < 1.29 is 14.4 Å². The summed E-state index contributed by atoms with van der Waals surface area (Å²) in [6, 6.07) is 12.8. The van der Waals surface area contributed by atoms with E-state index >= 15 is 0 Å². The van der Waals surface area contributed by atoms with Crippen LogP contribution in [0, 0.1) is 11.8 Å². The Morgan fingerprint density at radius 2 is 1.81 bits per heavy atom. The van der Waals surface area contributed by atoms with E-state index in [4.69, 9.17) is 11.6 Å². The second-order valence-corrected chi connectivity index (χ2v) is 11.0. The summed E-state index contributed by atoms with van der Waals surface area (Å²) in [6.45, 7) is 0. The molecule has 7 rings (SSSR count). The maximum Gasteiger partial charge on any atom is 0.250 e. The molecule has 7 nitrogen and oxygen atoms in total. The fourth-order valence-corrected chi connectivity index (χ4v) is 7.38. The van der Waals surface area contributed by atoms with Gasteiger partial charge in [0, 0.05) is 45.5 Å². The molecule has 1 saturated carbocycles. The average molecular weight is 503 g/mol. The number of hydrogen-bond acceptors (Lipinski definition) is 4. The van der Waals surface area contributed by atoms with Gasteiger partial charge in [0.1, 0.15) is 5.54 Å². The van der Waals surface area contributed by atoms with Crippen molar-refractivity contribution in [3.05, 3.63) is 64.8 Å². The van der Waals surface area contributed by atoms with E-state index in [0.29, 0.717) is 22.7 Å². The maximum atomic E-state index is 14.1. The molecule has 3 fully saturated rings. The molecule has 1 aliphatic carbocycles. The van der Waals surface area contributed by atoms with Gasteiger partial charge in [-0.15, -0.1) is 0 Å². The Morgan fingerprint density at radius 3 is 2.64 bits per heavy atom. The number of imide groups is 1. The molecular formula is C28H27ClN4O3. The number of hydrogen-bond donors (Lipinski definition) is 3. The number of carbonyl (C=O) groups excluding carboxylic acids is 3. The monoisotopic (exact) mass is 502 g/mol. The SMILES string of the molecule is O=C1[C@H]2[C@@H](C(=O)N1C1CCCCC1)[C@@]1(N[C@@H]2Cc2c[nH]c3ccccc23)C(=O)Nc2ccc(Cl)cc21. The third-order valence-corrected chi connectivity index (χ3v) is 9.00. The molecule has 2 aromatic carbocycles. The van der Waals surface area contributed by atoms with E-state index in [2.05, 4.69) is 21.7 Å². The Balaban J connectivity index is 1.36. The highest BCUT2D eigenvalue weighted by Gasteiger charge is 2.70. The Kier molecular flexibility index (Phi) is 4.85. The van der Waals surface area contributed by atoms with Crippen molar-refractivity contribution in [3.8, 4) is 0 Å². The molecule has 3 amide bonds. The normalized spacial score (nSPS) is 29.9. The number of benzene rings is 2. The van der Waals surface area contributed by atoms with Crippen LogP contribution in [0.5, 0.6) is 0 Å². The van der Waals surface area contributed by atoms with Crippen LogP contribution in [0.25, 0.3) is 10.9 Å². The first-order valence-corrected chi connectivity index (χ1v) is 13.2. The molecule has 8 heteroatoms. The number of rotatable bonds is 3. The van der Waals surface area contributed by atoms with Crippen LogP contribution in [0.4, 0.5) is 5.69 Å². The van der Waals surface area contributed by atoms with Crippen LogP contribution in [-0.4, -0.2) is 39.7 Å². The van der Waals surface area contributed by atoms with Crippen molar-refractivity contribution in [1.82, 2.24) is 15.2 Å². The minimum atomic E-state index is -1.32. The summed E-state index contributed by atoms with van der Waals surface area (Å²) in [5, 5.41) is 8.07. The number of H-pyrrole nitrogens is 1. The molecule has 0 radical (unpaired) electrons. The predicted octanol–water partition coefficient (Wildman–Crippen LogP) is 4.12. The van der Waals surface area contributed by atoms with Crippen molar-refractivity contribution in [1.29, 1.82) is 0 Å². The quantitative estimate of drug-likeness (QED) is 0.470. The first kappa shape index (κ1) is 22.1. The number of anilines is 1. The Bertz CT molecular complexity index is 1430.